The number of hydrazine groups is 1. The highest BCUT2D eigenvalue weighted by molar-refractivity contribution is 14.1. The van der Waals surface area contributed by atoms with E-state index in [4.69, 9.17) is 10.5 Å². The number of nitrogens with one attached hydrogen (secondary N) is 2. The molecule has 0 saturated carbocycles. The first-order chi connectivity index (χ1) is 8.83. The Hall–Kier alpha value is -1.75. The van der Waals surface area contributed by atoms with E-state index in [0.717, 1.165) is 0 Å². The van der Waals surface area contributed by atoms with Crippen LogP contribution < -0.4 is 16.8 Å². The molecule has 104 valence electrons. The molecule has 1 heterocycles. The number of aromatic carboxylic acids is 1. The van der Waals surface area contributed by atoms with Crippen LogP contribution in [0.3, 0.4) is 0 Å². The van der Waals surface area contributed by atoms with Crippen molar-refractivity contribution in [2.75, 3.05) is 6.67 Å². The zero-order valence-corrected chi connectivity index (χ0v) is 11.8. The SMILES string of the molecule is C=C(I)n1ccc(C(=O)O)cc1=N.NNC(=O)CF. The number of carbonyl (C=O) groups is 2. The molecule has 19 heavy (non-hydrogen) atoms. The van der Waals surface area contributed by atoms with E-state index in [1.165, 1.54) is 22.9 Å². The number of carboxylic acid groups (broad SMARTS) is 1. The van der Waals surface area contributed by atoms with Gasteiger partial charge in [0.15, 0.2) is 6.67 Å². The molecule has 0 unspecified atom stereocenters. The van der Waals surface area contributed by atoms with Crippen molar-refractivity contribution in [3.63, 3.8) is 0 Å². The van der Waals surface area contributed by atoms with E-state index < -0.39 is 18.6 Å². The molecule has 1 amide bonds. The third kappa shape index (κ3) is 6.10. The highest BCUT2D eigenvalue weighted by atomic mass is 127. The first kappa shape index (κ1) is 17.2. The third-order valence-corrected chi connectivity index (χ3v) is 2.27. The lowest BCUT2D eigenvalue weighted by atomic mass is 10.3. The van der Waals surface area contributed by atoms with Crippen molar-refractivity contribution in [3.8, 4) is 0 Å². The minimum atomic E-state index is -1.05. The second-order valence-corrected chi connectivity index (χ2v) is 4.30. The molecule has 0 fully saturated rings. The van der Waals surface area contributed by atoms with Gasteiger partial charge in [0.2, 0.25) is 0 Å². The van der Waals surface area contributed by atoms with Gasteiger partial charge in [-0.25, -0.2) is 15.0 Å². The Morgan fingerprint density at radius 3 is 2.47 bits per heavy atom. The number of hydrogen-bond acceptors (Lipinski definition) is 4. The van der Waals surface area contributed by atoms with E-state index in [1.807, 2.05) is 22.6 Å². The molecule has 7 nitrogen and oxygen atoms in total. The maximum Gasteiger partial charge on any atom is 0.335 e. The Morgan fingerprint density at radius 1 is 1.63 bits per heavy atom. The first-order valence-electron chi connectivity index (χ1n) is 4.74. The molecule has 1 aromatic rings. The summed E-state index contributed by atoms with van der Waals surface area (Å²) < 4.78 is 13.0. The van der Waals surface area contributed by atoms with Crippen LogP contribution in [-0.4, -0.2) is 28.2 Å². The van der Waals surface area contributed by atoms with E-state index in [1.54, 1.807) is 5.43 Å². The number of carbonyl (C=O) groups excluding carboxylic acids is 1. The average Bonchev–Trinajstić information content (AvgIpc) is 2.37. The zero-order valence-electron chi connectivity index (χ0n) is 9.69. The number of aromatic nitrogens is 1. The van der Waals surface area contributed by atoms with Crippen LogP contribution in [0.2, 0.25) is 0 Å². The maximum atomic E-state index is 10.9. The van der Waals surface area contributed by atoms with Gasteiger partial charge in [-0.15, -0.1) is 0 Å². The molecule has 1 aromatic heterocycles. The van der Waals surface area contributed by atoms with Gasteiger partial charge in [0, 0.05) is 6.20 Å². The summed E-state index contributed by atoms with van der Waals surface area (Å²) in [7, 11) is 0. The molecule has 0 aliphatic carbocycles. The Bertz CT molecular complexity index is 538. The number of nitrogens with two attached hydrogens (primary N) is 1. The van der Waals surface area contributed by atoms with E-state index in [9.17, 15) is 14.0 Å². The van der Waals surface area contributed by atoms with Crippen LogP contribution in [0.25, 0.3) is 3.70 Å². The Kier molecular flexibility index (Phi) is 7.60. The largest absolute Gasteiger partial charge is 0.478 e. The lowest BCUT2D eigenvalue weighted by Crippen LogP contribution is -2.31. The molecule has 1 rings (SSSR count). The molecular weight excluding hydrogens is 370 g/mol. The Labute approximate surface area is 121 Å². The smallest absolute Gasteiger partial charge is 0.335 e. The number of amides is 1. The second kappa shape index (κ2) is 8.37. The minimum absolute atomic E-state index is 0.110. The normalized spacial score (nSPS) is 9.00. The van der Waals surface area contributed by atoms with Crippen molar-refractivity contribution in [2.45, 2.75) is 0 Å². The van der Waals surface area contributed by atoms with Crippen LogP contribution in [0.15, 0.2) is 24.9 Å². The molecular formula is C10H12FIN4O3. The van der Waals surface area contributed by atoms with Gasteiger partial charge in [0.25, 0.3) is 5.91 Å². The van der Waals surface area contributed by atoms with Crippen LogP contribution in [0.1, 0.15) is 10.4 Å². The molecule has 0 aliphatic heterocycles. The fourth-order valence-corrected chi connectivity index (χ4v) is 1.30. The summed E-state index contributed by atoms with van der Waals surface area (Å²) in [5.74, 6) is 2.62. The molecule has 5 N–H and O–H groups in total. The van der Waals surface area contributed by atoms with Crippen LogP contribution in [0.5, 0.6) is 0 Å². The quantitative estimate of drug-likeness (QED) is 0.263. The summed E-state index contributed by atoms with van der Waals surface area (Å²) in [6.45, 7) is 2.60. The number of alkyl halides is 1. The van der Waals surface area contributed by atoms with Gasteiger partial charge in [-0.2, -0.15) is 0 Å². The van der Waals surface area contributed by atoms with E-state index in [-0.39, 0.29) is 11.1 Å². The lowest BCUT2D eigenvalue weighted by molar-refractivity contribution is -0.121. The molecule has 0 spiro atoms. The predicted octanol–water partition coefficient (Wildman–Crippen LogP) is 0.475. The molecule has 0 atom stereocenters. The van der Waals surface area contributed by atoms with Crippen LogP contribution >= 0.6 is 22.6 Å². The Morgan fingerprint density at radius 2 is 2.21 bits per heavy atom. The first-order valence-corrected chi connectivity index (χ1v) is 5.82. The maximum absolute atomic E-state index is 10.9. The highest BCUT2D eigenvalue weighted by Gasteiger charge is 2.03. The summed E-state index contributed by atoms with van der Waals surface area (Å²) in [5, 5.41) is 16.1. The van der Waals surface area contributed by atoms with Crippen LogP contribution in [0, 0.1) is 5.41 Å². The van der Waals surface area contributed by atoms with Gasteiger partial charge in [-0.05, 0) is 34.7 Å². The van der Waals surface area contributed by atoms with Crippen LogP contribution in [0.4, 0.5) is 4.39 Å². The fraction of sp³-hybridized carbons (Fsp3) is 0.100. The second-order valence-electron chi connectivity index (χ2n) is 3.05. The molecule has 0 bridgehead atoms. The average molecular weight is 382 g/mol. The van der Waals surface area contributed by atoms with Crippen LogP contribution in [-0.2, 0) is 4.79 Å². The van der Waals surface area contributed by atoms with Crippen molar-refractivity contribution >= 4 is 38.2 Å². The molecule has 9 heteroatoms. The summed E-state index contributed by atoms with van der Waals surface area (Å²) in [6.07, 6.45) is 1.51. The number of rotatable bonds is 3. The van der Waals surface area contributed by atoms with E-state index in [0.29, 0.717) is 3.70 Å². The predicted molar refractivity (Wildman–Crippen MR) is 74.9 cm³/mol. The third-order valence-electron chi connectivity index (χ3n) is 1.75. The van der Waals surface area contributed by atoms with Gasteiger partial charge in [-0.1, -0.05) is 6.58 Å². The fourth-order valence-electron chi connectivity index (χ4n) is 0.883. The molecule has 0 aromatic carbocycles. The van der Waals surface area contributed by atoms with Gasteiger partial charge >= 0.3 is 5.97 Å². The van der Waals surface area contributed by atoms with Crippen molar-refractivity contribution in [2.24, 2.45) is 5.84 Å². The monoisotopic (exact) mass is 382 g/mol. The number of halogens is 2. The summed E-state index contributed by atoms with van der Waals surface area (Å²) >= 11 is 1.96. The summed E-state index contributed by atoms with van der Waals surface area (Å²) in [5.41, 5.74) is 1.82. The topological polar surface area (TPSA) is 121 Å². The van der Waals surface area contributed by atoms with E-state index >= 15 is 0 Å². The zero-order chi connectivity index (χ0) is 15.0. The highest BCUT2D eigenvalue weighted by Crippen LogP contribution is 2.07. The minimum Gasteiger partial charge on any atom is -0.478 e. The summed E-state index contributed by atoms with van der Waals surface area (Å²) in [4.78, 5) is 20.1. The number of carboxylic acids is 1. The van der Waals surface area contributed by atoms with Crippen molar-refractivity contribution in [1.82, 2.24) is 9.99 Å². The van der Waals surface area contributed by atoms with Gasteiger partial charge < -0.3 is 5.11 Å². The summed E-state index contributed by atoms with van der Waals surface area (Å²) in [6, 6.07) is 2.72. The molecule has 0 saturated heterocycles. The number of pyridine rings is 1. The van der Waals surface area contributed by atoms with Gasteiger partial charge in [0.05, 0.1) is 9.27 Å². The lowest BCUT2D eigenvalue weighted by Gasteiger charge is -2.03. The van der Waals surface area contributed by atoms with Crippen molar-refractivity contribution in [1.29, 1.82) is 5.41 Å². The number of nitrogens with zero attached hydrogens (tertiary/aromatic N) is 1. The number of hydrogen-bond donors (Lipinski definition) is 4. The van der Waals surface area contributed by atoms with Gasteiger partial charge in [0.1, 0.15) is 5.49 Å². The molecule has 0 aliphatic rings. The Balaban J connectivity index is 0.000000459. The molecule has 0 radical (unpaired) electrons. The van der Waals surface area contributed by atoms with Crippen molar-refractivity contribution in [3.05, 3.63) is 36.0 Å². The van der Waals surface area contributed by atoms with Gasteiger partial charge in [-0.3, -0.25) is 20.2 Å². The standard InChI is InChI=1S/C8H7IN2O2.C2H5FN2O/c1-5(9)11-3-2-6(8(12)13)4-7(11)10;3-1-2(6)5-4/h2-4,10H,1H2,(H,12,13);1,4H2,(H,5,6). The van der Waals surface area contributed by atoms with Crippen molar-refractivity contribution < 1.29 is 19.1 Å². The van der Waals surface area contributed by atoms with E-state index in [2.05, 4.69) is 12.4 Å².